The fourth-order valence-corrected chi connectivity index (χ4v) is 4.81. The van der Waals surface area contributed by atoms with Gasteiger partial charge in [0.15, 0.2) is 11.5 Å². The summed E-state index contributed by atoms with van der Waals surface area (Å²) >= 11 is 0. The number of rotatable bonds is 6. The molecule has 0 fully saturated rings. The van der Waals surface area contributed by atoms with E-state index in [1.54, 1.807) is 6.07 Å². The van der Waals surface area contributed by atoms with Crippen LogP contribution in [0.1, 0.15) is 55.7 Å². The summed E-state index contributed by atoms with van der Waals surface area (Å²) in [4.78, 5) is 27.0. The monoisotopic (exact) mass is 419 g/mol. The van der Waals surface area contributed by atoms with Crippen molar-refractivity contribution in [2.45, 2.75) is 51.9 Å². The minimum Gasteiger partial charge on any atom is -0.423 e. The molecule has 4 rings (SSSR count). The molecule has 0 bridgehead atoms. The normalized spacial score (nSPS) is 18.3. The van der Waals surface area contributed by atoms with Crippen LogP contribution in [0.25, 0.3) is 21.6 Å². The Balaban J connectivity index is 1.78. The quantitative estimate of drug-likeness (QED) is 0.154. The fourth-order valence-electron chi connectivity index (χ4n) is 4.81. The Morgan fingerprint density at radius 3 is 2.81 bits per heavy atom. The van der Waals surface area contributed by atoms with E-state index in [4.69, 9.17) is 15.0 Å². The number of hydrogen-bond donors (Lipinski definition) is 0. The zero-order valence-corrected chi connectivity index (χ0v) is 17.8. The maximum absolute atomic E-state index is 12.6. The molecule has 0 heterocycles. The summed E-state index contributed by atoms with van der Waals surface area (Å²) in [6.07, 6.45) is 3.56. The van der Waals surface area contributed by atoms with Crippen molar-refractivity contribution in [1.29, 1.82) is 0 Å². The number of esters is 2. The van der Waals surface area contributed by atoms with E-state index in [1.807, 2.05) is 12.1 Å². The highest BCUT2D eigenvalue weighted by molar-refractivity contribution is 5.87. The SMILES string of the molecule is CC(=O)Oc1ccc2c(c1OC(=O)CCCN=[N+]=[N-])-c1cccc3c1[C@@H](C2)C(C)CC3. The summed E-state index contributed by atoms with van der Waals surface area (Å²) in [5, 5.41) is 3.45. The van der Waals surface area contributed by atoms with Crippen molar-refractivity contribution in [1.82, 2.24) is 0 Å². The summed E-state index contributed by atoms with van der Waals surface area (Å²) in [7, 11) is 0. The Labute approximate surface area is 181 Å². The number of nitrogens with zero attached hydrogens (tertiary/aromatic N) is 3. The highest BCUT2D eigenvalue weighted by Crippen LogP contribution is 2.53. The molecule has 2 aliphatic carbocycles. The number of fused-ring (bicyclic) bond motifs is 2. The van der Waals surface area contributed by atoms with Crippen LogP contribution < -0.4 is 9.47 Å². The van der Waals surface area contributed by atoms with Crippen LogP contribution in [-0.2, 0) is 22.4 Å². The lowest BCUT2D eigenvalue weighted by atomic mass is 9.67. The van der Waals surface area contributed by atoms with Gasteiger partial charge >= 0.3 is 11.9 Å². The van der Waals surface area contributed by atoms with E-state index >= 15 is 0 Å². The highest BCUT2D eigenvalue weighted by atomic mass is 16.6. The Bertz CT molecular complexity index is 1090. The Morgan fingerprint density at radius 1 is 1.19 bits per heavy atom. The maximum Gasteiger partial charge on any atom is 0.311 e. The summed E-state index contributed by atoms with van der Waals surface area (Å²) in [6, 6.07) is 9.98. The zero-order valence-electron chi connectivity index (χ0n) is 17.8. The zero-order chi connectivity index (χ0) is 22.0. The number of carbonyl (C=O) groups is 2. The number of hydrogen-bond acceptors (Lipinski definition) is 5. The van der Waals surface area contributed by atoms with Crippen molar-refractivity contribution in [2.24, 2.45) is 11.0 Å². The molecule has 2 aliphatic rings. The van der Waals surface area contributed by atoms with E-state index in [-0.39, 0.29) is 18.7 Å². The number of benzene rings is 2. The first-order chi connectivity index (χ1) is 15.0. The molecule has 2 aromatic rings. The van der Waals surface area contributed by atoms with E-state index in [1.165, 1.54) is 18.1 Å². The molecule has 0 aromatic heterocycles. The molecule has 0 spiro atoms. The number of carbonyl (C=O) groups excluding carboxylic acids is 2. The lowest BCUT2D eigenvalue weighted by Crippen LogP contribution is -2.25. The molecule has 0 amide bonds. The molecule has 31 heavy (non-hydrogen) atoms. The van der Waals surface area contributed by atoms with Gasteiger partial charge in [-0.15, -0.1) is 0 Å². The highest BCUT2D eigenvalue weighted by Gasteiger charge is 2.36. The van der Waals surface area contributed by atoms with Gasteiger partial charge in [0.2, 0.25) is 0 Å². The summed E-state index contributed by atoms with van der Waals surface area (Å²) < 4.78 is 11.2. The molecule has 2 aromatic carbocycles. The van der Waals surface area contributed by atoms with E-state index in [9.17, 15) is 9.59 Å². The van der Waals surface area contributed by atoms with Crippen LogP contribution in [0.4, 0.5) is 0 Å². The largest absolute Gasteiger partial charge is 0.423 e. The van der Waals surface area contributed by atoms with Gasteiger partial charge in [-0.2, -0.15) is 0 Å². The molecular formula is C24H25N3O4. The van der Waals surface area contributed by atoms with Crippen molar-refractivity contribution in [3.8, 4) is 22.6 Å². The first-order valence-corrected chi connectivity index (χ1v) is 10.7. The van der Waals surface area contributed by atoms with Gasteiger partial charge in [-0.3, -0.25) is 9.59 Å². The molecule has 160 valence electrons. The van der Waals surface area contributed by atoms with Crippen LogP contribution in [0.15, 0.2) is 35.4 Å². The standard InChI is InChI=1S/C24H25N3O4/c1-14-8-9-16-5-3-6-18-22(16)19(14)13-17-10-11-20(30-15(2)28)24(23(17)18)31-21(29)7-4-12-26-27-25/h3,5-6,10-11,14,19H,4,7-9,12-13H2,1-2H3/t14?,19-/m0/s1. The van der Waals surface area contributed by atoms with Crippen molar-refractivity contribution in [3.05, 3.63) is 57.5 Å². The number of aryl methyl sites for hydroxylation is 1. The van der Waals surface area contributed by atoms with E-state index in [0.29, 0.717) is 24.0 Å². The molecule has 0 saturated carbocycles. The summed E-state index contributed by atoms with van der Waals surface area (Å²) in [5.74, 6) is 0.621. The third-order valence-electron chi connectivity index (χ3n) is 6.21. The van der Waals surface area contributed by atoms with Crippen molar-refractivity contribution < 1.29 is 19.1 Å². The first kappa shape index (κ1) is 20.9. The number of azide groups is 1. The maximum atomic E-state index is 12.6. The van der Waals surface area contributed by atoms with Crippen LogP contribution in [0, 0.1) is 5.92 Å². The topological polar surface area (TPSA) is 101 Å². The van der Waals surface area contributed by atoms with Crippen LogP contribution in [-0.4, -0.2) is 18.5 Å². The van der Waals surface area contributed by atoms with Gasteiger partial charge in [-0.05, 0) is 71.4 Å². The van der Waals surface area contributed by atoms with Crippen molar-refractivity contribution in [2.75, 3.05) is 6.54 Å². The molecule has 2 atom stereocenters. The molecule has 0 N–H and O–H groups in total. The predicted molar refractivity (Wildman–Crippen MR) is 116 cm³/mol. The Morgan fingerprint density at radius 2 is 2.03 bits per heavy atom. The average Bonchev–Trinajstić information content (AvgIpc) is 2.75. The van der Waals surface area contributed by atoms with Gasteiger partial charge in [0, 0.05) is 30.4 Å². The second-order valence-corrected chi connectivity index (χ2v) is 8.26. The first-order valence-electron chi connectivity index (χ1n) is 10.7. The Kier molecular flexibility index (Phi) is 5.96. The minimum atomic E-state index is -0.474. The lowest BCUT2D eigenvalue weighted by Gasteiger charge is -2.38. The van der Waals surface area contributed by atoms with Crippen molar-refractivity contribution in [3.63, 3.8) is 0 Å². The summed E-state index contributed by atoms with van der Waals surface area (Å²) in [6.45, 7) is 3.85. The predicted octanol–water partition coefficient (Wildman–Crippen LogP) is 5.50. The fraction of sp³-hybridized carbons (Fsp3) is 0.417. The molecule has 0 aliphatic heterocycles. The van der Waals surface area contributed by atoms with E-state index in [0.717, 1.165) is 36.0 Å². The molecule has 0 radical (unpaired) electrons. The van der Waals surface area contributed by atoms with Crippen LogP contribution >= 0.6 is 0 Å². The van der Waals surface area contributed by atoms with Gasteiger partial charge in [0.05, 0.1) is 0 Å². The molecule has 1 unspecified atom stereocenters. The molecule has 7 heteroatoms. The van der Waals surface area contributed by atoms with Crippen LogP contribution in [0.3, 0.4) is 0 Å². The van der Waals surface area contributed by atoms with E-state index < -0.39 is 11.9 Å². The van der Waals surface area contributed by atoms with Crippen molar-refractivity contribution >= 4 is 11.9 Å². The molecular weight excluding hydrogens is 394 g/mol. The average molecular weight is 419 g/mol. The third-order valence-corrected chi connectivity index (χ3v) is 6.21. The van der Waals surface area contributed by atoms with Gasteiger partial charge in [-0.1, -0.05) is 36.3 Å². The second kappa shape index (κ2) is 8.82. The van der Waals surface area contributed by atoms with Crippen LogP contribution in [0.2, 0.25) is 0 Å². The van der Waals surface area contributed by atoms with Gasteiger partial charge in [0.25, 0.3) is 0 Å². The molecule has 0 saturated heterocycles. The Hall–Kier alpha value is -3.31. The smallest absolute Gasteiger partial charge is 0.311 e. The van der Waals surface area contributed by atoms with Crippen LogP contribution in [0.5, 0.6) is 11.5 Å². The van der Waals surface area contributed by atoms with Gasteiger partial charge < -0.3 is 9.47 Å². The van der Waals surface area contributed by atoms with Gasteiger partial charge in [0.1, 0.15) is 0 Å². The molecule has 7 nitrogen and oxygen atoms in total. The second-order valence-electron chi connectivity index (χ2n) is 8.26. The van der Waals surface area contributed by atoms with Gasteiger partial charge in [-0.25, -0.2) is 0 Å². The lowest BCUT2D eigenvalue weighted by molar-refractivity contribution is -0.136. The minimum absolute atomic E-state index is 0.106. The summed E-state index contributed by atoms with van der Waals surface area (Å²) in [5.41, 5.74) is 14.1. The number of ether oxygens (including phenoxy) is 2. The third kappa shape index (κ3) is 4.14. The van der Waals surface area contributed by atoms with E-state index in [2.05, 4.69) is 29.1 Å².